The third-order valence-corrected chi connectivity index (χ3v) is 5.20. The van der Waals surface area contributed by atoms with E-state index in [9.17, 15) is 8.42 Å². The summed E-state index contributed by atoms with van der Waals surface area (Å²) in [6.07, 6.45) is 1.42. The Balaban J connectivity index is 1.75. The molecular weight excluding hydrogens is 381 g/mol. The second-order valence-electron chi connectivity index (χ2n) is 5.10. The number of hydrogen-bond acceptors (Lipinski definition) is 4. The Morgan fingerprint density at radius 1 is 0.920 bits per heavy atom. The number of halogens is 2. The van der Waals surface area contributed by atoms with Crippen LogP contribution in [0.3, 0.4) is 0 Å². The third-order valence-electron chi connectivity index (χ3n) is 3.26. The summed E-state index contributed by atoms with van der Waals surface area (Å²) in [6, 6.07) is 16.5. The Bertz CT molecular complexity index is 993. The number of benzene rings is 2. The molecule has 0 fully saturated rings. The highest BCUT2D eigenvalue weighted by molar-refractivity contribution is 7.92. The second-order valence-corrected chi connectivity index (χ2v) is 7.63. The van der Waals surface area contributed by atoms with Gasteiger partial charge < -0.3 is 5.32 Å². The van der Waals surface area contributed by atoms with E-state index in [4.69, 9.17) is 23.2 Å². The second kappa shape index (κ2) is 7.31. The number of sulfonamides is 1. The highest BCUT2D eigenvalue weighted by Gasteiger charge is 2.14. The highest BCUT2D eigenvalue weighted by atomic mass is 35.5. The molecule has 8 heteroatoms. The Hall–Kier alpha value is -2.28. The minimum atomic E-state index is -3.73. The lowest BCUT2D eigenvalue weighted by molar-refractivity contribution is 0.601. The van der Waals surface area contributed by atoms with Gasteiger partial charge in [0.2, 0.25) is 0 Å². The van der Waals surface area contributed by atoms with Crippen LogP contribution in [0.2, 0.25) is 10.0 Å². The predicted octanol–water partition coefficient (Wildman–Crippen LogP) is 4.93. The van der Waals surface area contributed by atoms with E-state index in [1.165, 1.54) is 18.3 Å². The molecule has 1 heterocycles. The molecule has 128 valence electrons. The minimum absolute atomic E-state index is 0.0817. The molecule has 25 heavy (non-hydrogen) atoms. The van der Waals surface area contributed by atoms with Crippen LogP contribution in [0.15, 0.2) is 71.8 Å². The summed E-state index contributed by atoms with van der Waals surface area (Å²) in [6.45, 7) is 0. The Kier molecular flexibility index (Phi) is 5.13. The monoisotopic (exact) mass is 393 g/mol. The quantitative estimate of drug-likeness (QED) is 0.644. The molecular formula is C17H13Cl2N3O2S. The van der Waals surface area contributed by atoms with Crippen molar-refractivity contribution in [1.82, 2.24) is 4.98 Å². The van der Waals surface area contributed by atoms with Gasteiger partial charge in [-0.15, -0.1) is 0 Å². The van der Waals surface area contributed by atoms with Crippen LogP contribution in [-0.2, 0) is 10.0 Å². The molecule has 0 saturated heterocycles. The maximum atomic E-state index is 12.3. The van der Waals surface area contributed by atoms with E-state index >= 15 is 0 Å². The lowest BCUT2D eigenvalue weighted by Gasteiger charge is -2.10. The molecule has 1 aromatic heterocycles. The third kappa shape index (κ3) is 4.42. The van der Waals surface area contributed by atoms with Gasteiger partial charge in [-0.1, -0.05) is 41.4 Å². The van der Waals surface area contributed by atoms with Gasteiger partial charge in [-0.05, 0) is 42.5 Å². The smallest absolute Gasteiger partial charge is 0.261 e. The fourth-order valence-corrected chi connectivity index (χ4v) is 3.60. The summed E-state index contributed by atoms with van der Waals surface area (Å²) in [5, 5.41) is 3.98. The maximum absolute atomic E-state index is 12.3. The first-order valence-electron chi connectivity index (χ1n) is 7.20. The Morgan fingerprint density at radius 3 is 2.40 bits per heavy atom. The largest absolute Gasteiger partial charge is 0.339 e. The van der Waals surface area contributed by atoms with E-state index in [-0.39, 0.29) is 4.90 Å². The lowest BCUT2D eigenvalue weighted by Crippen LogP contribution is -2.13. The molecule has 0 aliphatic rings. The van der Waals surface area contributed by atoms with Crippen molar-refractivity contribution in [2.75, 3.05) is 10.0 Å². The number of hydrogen-bond donors (Lipinski definition) is 2. The number of nitrogens with zero attached hydrogens (tertiary/aromatic N) is 1. The van der Waals surface area contributed by atoms with E-state index in [0.29, 0.717) is 27.2 Å². The Morgan fingerprint density at radius 2 is 1.72 bits per heavy atom. The molecule has 5 nitrogen and oxygen atoms in total. The van der Waals surface area contributed by atoms with Gasteiger partial charge in [0.05, 0.1) is 27.5 Å². The van der Waals surface area contributed by atoms with Gasteiger partial charge in [-0.25, -0.2) is 13.4 Å². The number of para-hydroxylation sites is 1. The van der Waals surface area contributed by atoms with Crippen LogP contribution in [0, 0.1) is 0 Å². The zero-order valence-corrected chi connectivity index (χ0v) is 15.1. The van der Waals surface area contributed by atoms with Crippen LogP contribution in [0.5, 0.6) is 0 Å². The van der Waals surface area contributed by atoms with Gasteiger partial charge in [-0.3, -0.25) is 4.72 Å². The van der Waals surface area contributed by atoms with Crippen molar-refractivity contribution < 1.29 is 8.42 Å². The molecule has 3 rings (SSSR count). The molecule has 0 amide bonds. The first-order chi connectivity index (χ1) is 11.9. The van der Waals surface area contributed by atoms with Crippen molar-refractivity contribution in [3.8, 4) is 0 Å². The standard InChI is InChI=1S/C17H13Cl2N3O2S/c18-12-4-3-5-14(10-12)25(23,24)22-13-8-9-17(20-11-13)21-16-7-2-1-6-15(16)19/h1-11,22H,(H,20,21). The molecule has 0 bridgehead atoms. The molecule has 0 aliphatic heterocycles. The van der Waals surface area contributed by atoms with Gasteiger partial charge in [0.25, 0.3) is 10.0 Å². The van der Waals surface area contributed by atoms with E-state index < -0.39 is 10.0 Å². The zero-order chi connectivity index (χ0) is 17.9. The number of nitrogens with one attached hydrogen (secondary N) is 2. The molecule has 2 aromatic carbocycles. The van der Waals surface area contributed by atoms with E-state index in [1.807, 2.05) is 18.2 Å². The van der Waals surface area contributed by atoms with Crippen LogP contribution in [0.25, 0.3) is 0 Å². The molecule has 3 aromatic rings. The van der Waals surface area contributed by atoms with E-state index in [1.54, 1.807) is 30.3 Å². The van der Waals surface area contributed by atoms with E-state index in [2.05, 4.69) is 15.0 Å². The van der Waals surface area contributed by atoms with Crippen LogP contribution in [0.4, 0.5) is 17.2 Å². The molecule has 2 N–H and O–H groups in total. The van der Waals surface area contributed by atoms with Crippen LogP contribution in [0.1, 0.15) is 0 Å². The van der Waals surface area contributed by atoms with Crippen molar-refractivity contribution in [3.05, 3.63) is 76.9 Å². The summed E-state index contributed by atoms with van der Waals surface area (Å²) >= 11 is 11.9. The lowest BCUT2D eigenvalue weighted by atomic mass is 10.3. The average molecular weight is 394 g/mol. The summed E-state index contributed by atoms with van der Waals surface area (Å²) in [7, 11) is -3.73. The van der Waals surface area contributed by atoms with Crippen molar-refractivity contribution >= 4 is 50.4 Å². The summed E-state index contributed by atoms with van der Waals surface area (Å²) in [4.78, 5) is 4.27. The summed E-state index contributed by atoms with van der Waals surface area (Å²) < 4.78 is 27.1. The van der Waals surface area contributed by atoms with Crippen LogP contribution in [-0.4, -0.2) is 13.4 Å². The summed E-state index contributed by atoms with van der Waals surface area (Å²) in [5.41, 5.74) is 1.05. The Labute approximate surface area is 155 Å². The van der Waals surface area contributed by atoms with Gasteiger partial charge >= 0.3 is 0 Å². The average Bonchev–Trinajstić information content (AvgIpc) is 2.58. The van der Waals surface area contributed by atoms with Gasteiger partial charge in [0, 0.05) is 5.02 Å². The first-order valence-corrected chi connectivity index (χ1v) is 9.44. The van der Waals surface area contributed by atoms with Gasteiger partial charge in [-0.2, -0.15) is 0 Å². The predicted molar refractivity (Wildman–Crippen MR) is 101 cm³/mol. The number of rotatable bonds is 5. The maximum Gasteiger partial charge on any atom is 0.261 e. The zero-order valence-electron chi connectivity index (χ0n) is 12.8. The molecule has 0 atom stereocenters. The number of pyridine rings is 1. The molecule has 0 saturated carbocycles. The first kappa shape index (κ1) is 17.5. The van der Waals surface area contributed by atoms with Crippen molar-refractivity contribution in [3.63, 3.8) is 0 Å². The molecule has 0 aliphatic carbocycles. The van der Waals surface area contributed by atoms with Crippen LogP contribution < -0.4 is 10.0 Å². The SMILES string of the molecule is O=S(=O)(Nc1ccc(Nc2ccccc2Cl)nc1)c1cccc(Cl)c1. The van der Waals surface area contributed by atoms with Gasteiger partial charge in [0.1, 0.15) is 5.82 Å². The number of anilines is 3. The fourth-order valence-electron chi connectivity index (χ4n) is 2.08. The molecule has 0 unspecified atom stereocenters. The van der Waals surface area contributed by atoms with Gasteiger partial charge in [0.15, 0.2) is 0 Å². The summed E-state index contributed by atoms with van der Waals surface area (Å²) in [5.74, 6) is 0.541. The minimum Gasteiger partial charge on any atom is -0.339 e. The van der Waals surface area contributed by atoms with Crippen molar-refractivity contribution in [2.45, 2.75) is 4.90 Å². The molecule has 0 radical (unpaired) electrons. The molecule has 0 spiro atoms. The topological polar surface area (TPSA) is 71.1 Å². The van der Waals surface area contributed by atoms with E-state index in [0.717, 1.165) is 0 Å². The normalized spacial score (nSPS) is 11.1. The van der Waals surface area contributed by atoms with Crippen molar-refractivity contribution in [2.24, 2.45) is 0 Å². The number of aromatic nitrogens is 1. The highest BCUT2D eigenvalue weighted by Crippen LogP contribution is 2.25. The van der Waals surface area contributed by atoms with Crippen molar-refractivity contribution in [1.29, 1.82) is 0 Å². The van der Waals surface area contributed by atoms with Crippen LogP contribution >= 0.6 is 23.2 Å². The fraction of sp³-hybridized carbons (Fsp3) is 0.